The number of benzene rings is 1. The van der Waals surface area contributed by atoms with E-state index in [1.165, 1.54) is 0 Å². The molecular formula is C14H12F6N4OS. The average molecular weight is 398 g/mol. The molecule has 26 heavy (non-hydrogen) atoms. The lowest BCUT2D eigenvalue weighted by Crippen LogP contribution is -2.17. The summed E-state index contributed by atoms with van der Waals surface area (Å²) in [6.45, 7) is 1.83. The topological polar surface area (TPSA) is 70.7 Å². The Kier molecular flexibility index (Phi) is 5.84. The number of aryl methyl sites for hydroxylation is 1. The van der Waals surface area contributed by atoms with E-state index in [9.17, 15) is 31.1 Å². The number of nitrogens with one attached hydrogen (secondary N) is 2. The minimum Gasteiger partial charge on any atom is -0.325 e. The van der Waals surface area contributed by atoms with Gasteiger partial charge in [0.25, 0.3) is 0 Å². The first kappa shape index (κ1) is 20.1. The number of hydrogen-bond donors (Lipinski definition) is 2. The van der Waals surface area contributed by atoms with Gasteiger partial charge in [-0.25, -0.2) is 4.98 Å². The number of aromatic amines is 1. The predicted molar refractivity (Wildman–Crippen MR) is 81.6 cm³/mol. The van der Waals surface area contributed by atoms with Crippen LogP contribution in [0.2, 0.25) is 0 Å². The van der Waals surface area contributed by atoms with E-state index in [4.69, 9.17) is 0 Å². The van der Waals surface area contributed by atoms with Gasteiger partial charge in [-0.3, -0.25) is 9.89 Å². The van der Waals surface area contributed by atoms with Gasteiger partial charge >= 0.3 is 12.4 Å². The summed E-state index contributed by atoms with van der Waals surface area (Å²) in [5.41, 5.74) is -3.60. The number of nitrogens with zero attached hydrogens (tertiary/aromatic N) is 2. The molecule has 0 aliphatic rings. The molecule has 0 bridgehead atoms. The highest BCUT2D eigenvalue weighted by atomic mass is 32.2. The molecule has 0 aliphatic heterocycles. The standard InChI is InChI=1S/C14H12F6N4OS/c1-2-10-22-12(24-23-10)26-6-11(25)21-9-4-7(13(15,16)17)3-8(5-9)14(18,19)20/h3-5H,2,6H2,1H3,(H,21,25)(H,22,23,24). The molecule has 0 fully saturated rings. The van der Waals surface area contributed by atoms with E-state index in [1.54, 1.807) is 0 Å². The van der Waals surface area contributed by atoms with Crippen molar-refractivity contribution in [2.75, 3.05) is 11.1 Å². The van der Waals surface area contributed by atoms with Crippen LogP contribution in [0.5, 0.6) is 0 Å². The predicted octanol–water partition coefficient (Wildman–Crippen LogP) is 4.14. The monoisotopic (exact) mass is 398 g/mol. The minimum absolute atomic E-state index is 0.00960. The van der Waals surface area contributed by atoms with Crippen molar-refractivity contribution < 1.29 is 31.1 Å². The molecule has 12 heteroatoms. The number of carbonyl (C=O) groups excluding carboxylic acids is 1. The molecule has 2 N–H and O–H groups in total. The van der Waals surface area contributed by atoms with E-state index < -0.39 is 35.1 Å². The van der Waals surface area contributed by atoms with Gasteiger partial charge in [0.15, 0.2) is 0 Å². The van der Waals surface area contributed by atoms with Gasteiger partial charge in [-0.05, 0) is 18.2 Å². The number of thioether (sulfide) groups is 1. The lowest BCUT2D eigenvalue weighted by Gasteiger charge is -2.14. The van der Waals surface area contributed by atoms with Gasteiger partial charge in [0.05, 0.1) is 16.9 Å². The van der Waals surface area contributed by atoms with Gasteiger partial charge in [-0.2, -0.15) is 26.3 Å². The van der Waals surface area contributed by atoms with Crippen LogP contribution in [0.1, 0.15) is 23.9 Å². The van der Waals surface area contributed by atoms with Crippen LogP contribution in [0.15, 0.2) is 23.4 Å². The number of H-pyrrole nitrogens is 1. The summed E-state index contributed by atoms with van der Waals surface area (Å²) in [5, 5.41) is 8.70. The fourth-order valence-electron chi connectivity index (χ4n) is 1.85. The molecule has 0 unspecified atom stereocenters. The normalized spacial score (nSPS) is 12.3. The number of anilines is 1. The van der Waals surface area contributed by atoms with Gasteiger partial charge in [0, 0.05) is 12.1 Å². The van der Waals surface area contributed by atoms with Gasteiger partial charge in [-0.1, -0.05) is 18.7 Å². The maximum absolute atomic E-state index is 12.8. The molecule has 0 atom stereocenters. The zero-order valence-corrected chi connectivity index (χ0v) is 13.9. The van der Waals surface area contributed by atoms with E-state index >= 15 is 0 Å². The Morgan fingerprint density at radius 1 is 1.12 bits per heavy atom. The third kappa shape index (κ3) is 5.38. The van der Waals surface area contributed by atoms with Crippen LogP contribution >= 0.6 is 11.8 Å². The smallest absolute Gasteiger partial charge is 0.325 e. The number of rotatable bonds is 5. The Hall–Kier alpha value is -2.24. The van der Waals surface area contributed by atoms with Crippen LogP contribution in [0, 0.1) is 0 Å². The van der Waals surface area contributed by atoms with Crippen molar-refractivity contribution in [3.8, 4) is 0 Å². The van der Waals surface area contributed by atoms with E-state index in [-0.39, 0.29) is 17.0 Å². The highest BCUT2D eigenvalue weighted by Crippen LogP contribution is 2.37. The summed E-state index contributed by atoms with van der Waals surface area (Å²) in [6.07, 6.45) is -9.37. The second-order valence-corrected chi connectivity index (χ2v) is 5.99. The van der Waals surface area contributed by atoms with Gasteiger partial charge in [0.2, 0.25) is 11.1 Å². The molecule has 0 saturated heterocycles. The average Bonchev–Trinajstić information content (AvgIpc) is 2.99. The van der Waals surface area contributed by atoms with E-state index in [2.05, 4.69) is 15.2 Å². The first-order valence-corrected chi connectivity index (χ1v) is 8.11. The van der Waals surface area contributed by atoms with Gasteiger partial charge in [0.1, 0.15) is 5.82 Å². The summed E-state index contributed by atoms with van der Waals surface area (Å²) in [5.74, 6) is -0.482. The maximum atomic E-state index is 12.8. The fourth-order valence-corrected chi connectivity index (χ4v) is 2.47. The van der Waals surface area contributed by atoms with Crippen LogP contribution in [0.4, 0.5) is 32.0 Å². The molecule has 1 aromatic heterocycles. The minimum atomic E-state index is -4.98. The molecule has 1 aromatic carbocycles. The zero-order chi connectivity index (χ0) is 19.5. The van der Waals surface area contributed by atoms with Crippen LogP contribution in [0.3, 0.4) is 0 Å². The SMILES string of the molecule is CCc1nc(SCC(=O)Nc2cc(C(F)(F)F)cc(C(F)(F)F)c2)n[nH]1. The maximum Gasteiger partial charge on any atom is 0.416 e. The van der Waals surface area contributed by atoms with Crippen molar-refractivity contribution in [3.05, 3.63) is 35.2 Å². The fraction of sp³-hybridized carbons (Fsp3) is 0.357. The third-order valence-corrected chi connectivity index (χ3v) is 3.90. The Morgan fingerprint density at radius 3 is 2.15 bits per heavy atom. The number of alkyl halides is 6. The second-order valence-electron chi connectivity index (χ2n) is 5.05. The van der Waals surface area contributed by atoms with Crippen LogP contribution < -0.4 is 5.32 Å². The summed E-state index contributed by atoms with van der Waals surface area (Å²) >= 11 is 0.894. The van der Waals surface area contributed by atoms with Crippen LogP contribution in [0.25, 0.3) is 0 Å². The quantitative estimate of drug-likeness (QED) is 0.587. The Labute approximate surface area is 147 Å². The van der Waals surface area contributed by atoms with Crippen molar-refractivity contribution in [1.29, 1.82) is 0 Å². The van der Waals surface area contributed by atoms with E-state index in [0.29, 0.717) is 24.4 Å². The highest BCUT2D eigenvalue weighted by molar-refractivity contribution is 7.99. The number of hydrogen-bond acceptors (Lipinski definition) is 4. The van der Waals surface area contributed by atoms with Crippen molar-refractivity contribution in [2.24, 2.45) is 0 Å². The number of aromatic nitrogens is 3. The Morgan fingerprint density at radius 2 is 1.69 bits per heavy atom. The molecule has 5 nitrogen and oxygen atoms in total. The van der Waals surface area contributed by atoms with Crippen molar-refractivity contribution in [3.63, 3.8) is 0 Å². The highest BCUT2D eigenvalue weighted by Gasteiger charge is 2.37. The largest absolute Gasteiger partial charge is 0.416 e. The summed E-state index contributed by atoms with van der Waals surface area (Å²) in [4.78, 5) is 15.8. The van der Waals surface area contributed by atoms with Crippen molar-refractivity contribution in [1.82, 2.24) is 15.2 Å². The lowest BCUT2D eigenvalue weighted by molar-refractivity contribution is -0.143. The molecule has 0 aliphatic carbocycles. The van der Waals surface area contributed by atoms with Gasteiger partial charge < -0.3 is 5.32 Å². The van der Waals surface area contributed by atoms with Crippen LogP contribution in [-0.2, 0) is 23.6 Å². The van der Waals surface area contributed by atoms with Crippen molar-refractivity contribution in [2.45, 2.75) is 30.9 Å². The van der Waals surface area contributed by atoms with Crippen molar-refractivity contribution >= 4 is 23.4 Å². The first-order valence-electron chi connectivity index (χ1n) is 7.12. The molecule has 2 rings (SSSR count). The number of halogens is 6. The molecule has 1 amide bonds. The number of carbonyl (C=O) groups is 1. The zero-order valence-electron chi connectivity index (χ0n) is 13.1. The van der Waals surface area contributed by atoms with E-state index in [1.807, 2.05) is 12.2 Å². The third-order valence-electron chi connectivity index (χ3n) is 3.05. The van der Waals surface area contributed by atoms with Crippen LogP contribution in [-0.4, -0.2) is 26.8 Å². The molecule has 0 saturated carbocycles. The Balaban J connectivity index is 2.12. The number of amides is 1. The second kappa shape index (κ2) is 7.56. The lowest BCUT2D eigenvalue weighted by atomic mass is 10.1. The summed E-state index contributed by atoms with van der Waals surface area (Å²) in [7, 11) is 0. The molecule has 0 spiro atoms. The molecule has 0 radical (unpaired) electrons. The van der Waals surface area contributed by atoms with Gasteiger partial charge in [-0.15, -0.1) is 5.10 Å². The first-order chi connectivity index (χ1) is 12.0. The molecule has 2 aromatic rings. The molecule has 142 valence electrons. The molecule has 1 heterocycles. The summed E-state index contributed by atoms with van der Waals surface area (Å²) < 4.78 is 76.6. The van der Waals surface area contributed by atoms with E-state index in [0.717, 1.165) is 11.8 Å². The molecular weight excluding hydrogens is 386 g/mol. The Bertz CT molecular complexity index is 754. The summed E-state index contributed by atoms with van der Waals surface area (Å²) in [6, 6.07) is 0.879.